The van der Waals surface area contributed by atoms with Crippen LogP contribution in [0.5, 0.6) is 0 Å². The van der Waals surface area contributed by atoms with E-state index in [0.717, 1.165) is 12.8 Å². The van der Waals surface area contributed by atoms with Crippen LogP contribution in [0.3, 0.4) is 0 Å². The summed E-state index contributed by atoms with van der Waals surface area (Å²) < 4.78 is 4.62. The molecule has 1 saturated carbocycles. The van der Waals surface area contributed by atoms with Crippen molar-refractivity contribution in [2.24, 2.45) is 5.92 Å². The lowest BCUT2D eigenvalue weighted by Crippen LogP contribution is -2.41. The van der Waals surface area contributed by atoms with Gasteiger partial charge in [-0.3, -0.25) is 4.79 Å². The minimum atomic E-state index is -1.11. The van der Waals surface area contributed by atoms with Crippen molar-refractivity contribution in [1.82, 2.24) is 10.6 Å². The Hall–Kier alpha value is -1.79. The Morgan fingerprint density at radius 2 is 2.05 bits per heavy atom. The molecule has 3 N–H and O–H groups in total. The van der Waals surface area contributed by atoms with Gasteiger partial charge in [0, 0.05) is 12.5 Å². The molecule has 0 bridgehead atoms. The van der Waals surface area contributed by atoms with E-state index in [1.165, 1.54) is 0 Å². The van der Waals surface area contributed by atoms with Crippen molar-refractivity contribution in [2.75, 3.05) is 13.2 Å². The zero-order chi connectivity index (χ0) is 14.3. The number of alkyl carbamates (subject to hydrolysis) is 1. The molecule has 0 radical (unpaired) electrons. The predicted molar refractivity (Wildman–Crippen MR) is 66.5 cm³/mol. The lowest BCUT2D eigenvalue weighted by atomic mass is 10.1. The Morgan fingerprint density at radius 1 is 1.37 bits per heavy atom. The van der Waals surface area contributed by atoms with E-state index in [1.807, 2.05) is 0 Å². The molecule has 0 aliphatic heterocycles. The SMILES string of the molecule is CCOC(=O)N[C@@H](CCCNC(=O)C1CC1)C(=O)O. The van der Waals surface area contributed by atoms with E-state index in [-0.39, 0.29) is 24.9 Å². The van der Waals surface area contributed by atoms with E-state index >= 15 is 0 Å². The molecule has 7 heteroatoms. The van der Waals surface area contributed by atoms with Gasteiger partial charge in [0.15, 0.2) is 0 Å². The summed E-state index contributed by atoms with van der Waals surface area (Å²) in [6.45, 7) is 2.25. The average Bonchev–Trinajstić information content (AvgIpc) is 3.16. The Labute approximate surface area is 111 Å². The first kappa shape index (κ1) is 15.3. The number of carboxylic acids is 1. The lowest BCUT2D eigenvalue weighted by molar-refractivity contribution is -0.139. The van der Waals surface area contributed by atoms with Crippen LogP contribution < -0.4 is 10.6 Å². The smallest absolute Gasteiger partial charge is 0.407 e. The number of rotatable bonds is 8. The normalized spacial score (nSPS) is 15.4. The minimum Gasteiger partial charge on any atom is -0.480 e. The van der Waals surface area contributed by atoms with Gasteiger partial charge >= 0.3 is 12.1 Å². The molecule has 7 nitrogen and oxygen atoms in total. The molecule has 0 aromatic heterocycles. The maximum Gasteiger partial charge on any atom is 0.407 e. The quantitative estimate of drug-likeness (QED) is 0.558. The van der Waals surface area contributed by atoms with Gasteiger partial charge in [0.2, 0.25) is 5.91 Å². The van der Waals surface area contributed by atoms with Gasteiger partial charge in [-0.1, -0.05) is 0 Å². The van der Waals surface area contributed by atoms with Crippen LogP contribution in [-0.2, 0) is 14.3 Å². The maximum atomic E-state index is 11.3. The fourth-order valence-corrected chi connectivity index (χ4v) is 1.58. The molecule has 19 heavy (non-hydrogen) atoms. The zero-order valence-corrected chi connectivity index (χ0v) is 11.0. The van der Waals surface area contributed by atoms with E-state index in [9.17, 15) is 14.4 Å². The van der Waals surface area contributed by atoms with Crippen LogP contribution in [-0.4, -0.2) is 42.3 Å². The Kier molecular flexibility index (Phi) is 6.11. The molecule has 1 aliphatic carbocycles. The average molecular weight is 272 g/mol. The molecule has 1 rings (SSSR count). The van der Waals surface area contributed by atoms with Crippen molar-refractivity contribution >= 4 is 18.0 Å². The van der Waals surface area contributed by atoms with Crippen LogP contribution in [0.15, 0.2) is 0 Å². The van der Waals surface area contributed by atoms with Gasteiger partial charge in [-0.2, -0.15) is 0 Å². The van der Waals surface area contributed by atoms with Crippen LogP contribution in [0.4, 0.5) is 4.79 Å². The number of hydrogen-bond acceptors (Lipinski definition) is 4. The molecule has 0 spiro atoms. The zero-order valence-electron chi connectivity index (χ0n) is 11.0. The van der Waals surface area contributed by atoms with Gasteiger partial charge in [-0.15, -0.1) is 0 Å². The van der Waals surface area contributed by atoms with E-state index in [4.69, 9.17) is 5.11 Å². The number of amides is 2. The standard InChI is InChI=1S/C12H20N2O5/c1-2-19-12(18)14-9(11(16)17)4-3-7-13-10(15)8-5-6-8/h8-9H,2-7H2,1H3,(H,13,15)(H,14,18)(H,16,17)/t9-/m0/s1. The highest BCUT2D eigenvalue weighted by atomic mass is 16.5. The van der Waals surface area contributed by atoms with Gasteiger partial charge in [-0.25, -0.2) is 9.59 Å². The monoisotopic (exact) mass is 272 g/mol. The summed E-state index contributed by atoms with van der Waals surface area (Å²) in [6.07, 6.45) is 1.88. The van der Waals surface area contributed by atoms with Crippen molar-refractivity contribution in [3.8, 4) is 0 Å². The highest BCUT2D eigenvalue weighted by molar-refractivity contribution is 5.81. The molecule has 1 atom stereocenters. The van der Waals surface area contributed by atoms with Crippen LogP contribution in [0, 0.1) is 5.92 Å². The first-order valence-corrected chi connectivity index (χ1v) is 6.48. The summed E-state index contributed by atoms with van der Waals surface area (Å²) in [5.41, 5.74) is 0. The van der Waals surface area contributed by atoms with Gasteiger partial charge in [-0.05, 0) is 32.6 Å². The fraction of sp³-hybridized carbons (Fsp3) is 0.750. The Balaban J connectivity index is 2.19. The van der Waals surface area contributed by atoms with Crippen LogP contribution in [0.25, 0.3) is 0 Å². The lowest BCUT2D eigenvalue weighted by Gasteiger charge is -2.14. The minimum absolute atomic E-state index is 0.0326. The molecule has 0 heterocycles. The molecule has 0 saturated heterocycles. The molecule has 0 aromatic carbocycles. The van der Waals surface area contributed by atoms with Crippen molar-refractivity contribution in [1.29, 1.82) is 0 Å². The summed E-state index contributed by atoms with van der Waals surface area (Å²) >= 11 is 0. The molecule has 0 aromatic rings. The second-order valence-corrected chi connectivity index (χ2v) is 4.46. The second-order valence-electron chi connectivity index (χ2n) is 4.46. The van der Waals surface area contributed by atoms with E-state index in [2.05, 4.69) is 15.4 Å². The molecule has 2 amide bonds. The van der Waals surface area contributed by atoms with Crippen molar-refractivity contribution in [3.63, 3.8) is 0 Å². The second kappa shape index (κ2) is 7.60. The largest absolute Gasteiger partial charge is 0.480 e. The van der Waals surface area contributed by atoms with E-state index in [1.54, 1.807) is 6.92 Å². The fourth-order valence-electron chi connectivity index (χ4n) is 1.58. The van der Waals surface area contributed by atoms with Crippen LogP contribution in [0.1, 0.15) is 32.6 Å². The molecule has 108 valence electrons. The van der Waals surface area contributed by atoms with E-state index in [0.29, 0.717) is 13.0 Å². The highest BCUT2D eigenvalue weighted by Gasteiger charge is 2.29. The number of ether oxygens (including phenoxy) is 1. The molecule has 1 fully saturated rings. The van der Waals surface area contributed by atoms with Gasteiger partial charge in [0.25, 0.3) is 0 Å². The number of carboxylic acid groups (broad SMARTS) is 1. The number of nitrogens with one attached hydrogen (secondary N) is 2. The molecule has 1 aliphatic rings. The Bertz CT molecular complexity index is 341. The Morgan fingerprint density at radius 3 is 2.58 bits per heavy atom. The first-order valence-electron chi connectivity index (χ1n) is 6.48. The van der Waals surface area contributed by atoms with Crippen LogP contribution >= 0.6 is 0 Å². The van der Waals surface area contributed by atoms with E-state index < -0.39 is 18.1 Å². The van der Waals surface area contributed by atoms with Gasteiger partial charge in [0.05, 0.1) is 6.61 Å². The maximum absolute atomic E-state index is 11.3. The van der Waals surface area contributed by atoms with Gasteiger partial charge in [0.1, 0.15) is 6.04 Å². The number of hydrogen-bond donors (Lipinski definition) is 3. The molecular weight excluding hydrogens is 252 g/mol. The third-order valence-corrected chi connectivity index (χ3v) is 2.78. The predicted octanol–water partition coefficient (Wildman–Crippen LogP) is 0.492. The number of aliphatic carboxylic acids is 1. The summed E-state index contributed by atoms with van der Waals surface area (Å²) in [5.74, 6) is -0.931. The highest BCUT2D eigenvalue weighted by Crippen LogP contribution is 2.28. The third kappa shape index (κ3) is 6.08. The summed E-state index contributed by atoms with van der Waals surface area (Å²) in [7, 11) is 0. The van der Waals surface area contributed by atoms with Crippen molar-refractivity contribution in [3.05, 3.63) is 0 Å². The number of carbonyl (C=O) groups excluding carboxylic acids is 2. The summed E-state index contributed by atoms with van der Waals surface area (Å²) in [4.78, 5) is 33.4. The number of carbonyl (C=O) groups is 3. The molecular formula is C12H20N2O5. The third-order valence-electron chi connectivity index (χ3n) is 2.78. The van der Waals surface area contributed by atoms with Gasteiger partial charge < -0.3 is 20.5 Å². The van der Waals surface area contributed by atoms with Crippen molar-refractivity contribution in [2.45, 2.75) is 38.6 Å². The summed E-state index contributed by atoms with van der Waals surface area (Å²) in [5, 5.41) is 13.9. The summed E-state index contributed by atoms with van der Waals surface area (Å²) in [6, 6.07) is -0.989. The first-order chi connectivity index (χ1) is 9.04. The van der Waals surface area contributed by atoms with Crippen LogP contribution in [0.2, 0.25) is 0 Å². The topological polar surface area (TPSA) is 105 Å². The van der Waals surface area contributed by atoms with Crippen molar-refractivity contribution < 1.29 is 24.2 Å². The molecule has 0 unspecified atom stereocenters.